The van der Waals surface area contributed by atoms with Crippen molar-refractivity contribution in [2.75, 3.05) is 13.7 Å². The number of hydrogen-bond acceptors (Lipinski definition) is 5. The van der Waals surface area contributed by atoms with Crippen LogP contribution in [0, 0.1) is 0 Å². The van der Waals surface area contributed by atoms with Crippen LogP contribution in [0.15, 0.2) is 4.90 Å². The van der Waals surface area contributed by atoms with Crippen molar-refractivity contribution in [1.29, 1.82) is 0 Å². The largest absolute Gasteiger partial charge is 0.383 e. The summed E-state index contributed by atoms with van der Waals surface area (Å²) in [7, 11) is 2.96. The van der Waals surface area contributed by atoms with Gasteiger partial charge in [-0.2, -0.15) is 5.10 Å². The number of aromatic amines is 1. The lowest BCUT2D eigenvalue weighted by molar-refractivity contribution is 0.0886. The molecular weight excluding hydrogens is 318 g/mol. The normalized spacial score (nSPS) is 16.7. The van der Waals surface area contributed by atoms with Crippen molar-refractivity contribution in [2.24, 2.45) is 0 Å². The smallest absolute Gasteiger partial charge is 0.273 e. The van der Waals surface area contributed by atoms with E-state index < -0.39 is 15.0 Å². The van der Waals surface area contributed by atoms with Gasteiger partial charge in [-0.05, 0) is 19.3 Å². The van der Waals surface area contributed by atoms with Gasteiger partial charge in [-0.15, -0.1) is 0 Å². The molecule has 1 aromatic rings. The van der Waals surface area contributed by atoms with Gasteiger partial charge in [0.1, 0.15) is 4.90 Å². The summed E-state index contributed by atoms with van der Waals surface area (Å²) in [5.41, 5.74) is 0.247. The molecular formula is C12H18ClN3O4S. The van der Waals surface area contributed by atoms with E-state index in [0.717, 1.165) is 12.8 Å². The maximum Gasteiger partial charge on any atom is 0.273 e. The highest BCUT2D eigenvalue weighted by Crippen LogP contribution is 2.43. The number of halogens is 1. The maximum absolute atomic E-state index is 12.2. The minimum absolute atomic E-state index is 0.0866. The third-order valence-corrected chi connectivity index (χ3v) is 4.75. The fourth-order valence-corrected chi connectivity index (χ4v) is 3.42. The van der Waals surface area contributed by atoms with Crippen LogP contribution in [0.4, 0.5) is 0 Å². The van der Waals surface area contributed by atoms with E-state index in [0.29, 0.717) is 18.7 Å². The zero-order valence-electron chi connectivity index (χ0n) is 11.8. The fraction of sp³-hybridized carbons (Fsp3) is 0.667. The minimum atomic E-state index is -4.04. The summed E-state index contributed by atoms with van der Waals surface area (Å²) in [5, 5.41) is 9.19. The van der Waals surface area contributed by atoms with Gasteiger partial charge in [-0.1, -0.05) is 6.92 Å². The summed E-state index contributed by atoms with van der Waals surface area (Å²) in [5.74, 6) is -0.482. The lowest BCUT2D eigenvalue weighted by Gasteiger charge is -2.15. The second-order valence-electron chi connectivity index (χ2n) is 5.06. The number of H-pyrrole nitrogens is 1. The monoisotopic (exact) mass is 335 g/mol. The van der Waals surface area contributed by atoms with Crippen molar-refractivity contribution in [3.63, 3.8) is 0 Å². The van der Waals surface area contributed by atoms with Gasteiger partial charge in [0.2, 0.25) is 0 Å². The number of aromatic nitrogens is 2. The van der Waals surface area contributed by atoms with E-state index in [1.165, 1.54) is 7.11 Å². The van der Waals surface area contributed by atoms with Crippen LogP contribution in [0.5, 0.6) is 0 Å². The van der Waals surface area contributed by atoms with E-state index in [1.807, 2.05) is 6.92 Å². The van der Waals surface area contributed by atoms with Gasteiger partial charge in [0, 0.05) is 23.7 Å². The van der Waals surface area contributed by atoms with Crippen LogP contribution >= 0.6 is 10.7 Å². The molecule has 1 atom stereocenters. The van der Waals surface area contributed by atoms with E-state index in [9.17, 15) is 13.2 Å². The molecule has 0 aliphatic heterocycles. The van der Waals surface area contributed by atoms with E-state index in [1.54, 1.807) is 0 Å². The molecule has 0 radical (unpaired) electrons. The van der Waals surface area contributed by atoms with Gasteiger partial charge in [-0.3, -0.25) is 9.89 Å². The van der Waals surface area contributed by atoms with E-state index in [4.69, 9.17) is 15.4 Å². The highest BCUT2D eigenvalue weighted by Gasteiger charge is 2.36. The molecule has 118 valence electrons. The molecule has 1 saturated carbocycles. The van der Waals surface area contributed by atoms with E-state index in [-0.39, 0.29) is 22.5 Å². The quantitative estimate of drug-likeness (QED) is 0.733. The van der Waals surface area contributed by atoms with Crippen molar-refractivity contribution in [2.45, 2.75) is 43.0 Å². The van der Waals surface area contributed by atoms with Crippen LogP contribution in [-0.4, -0.2) is 44.3 Å². The summed E-state index contributed by atoms with van der Waals surface area (Å²) in [4.78, 5) is 12.0. The predicted octanol–water partition coefficient (Wildman–Crippen LogP) is 1.37. The summed E-state index contributed by atoms with van der Waals surface area (Å²) in [6, 6.07) is -0.213. The molecule has 1 aromatic heterocycles. The van der Waals surface area contributed by atoms with E-state index >= 15 is 0 Å². The summed E-state index contributed by atoms with van der Waals surface area (Å²) in [6.45, 7) is 2.23. The van der Waals surface area contributed by atoms with Gasteiger partial charge >= 0.3 is 0 Å². The summed E-state index contributed by atoms with van der Waals surface area (Å²) < 4.78 is 28.5. The second kappa shape index (κ2) is 6.33. The standard InChI is InChI=1S/C12H18ClN3O4S/c1-3-8(6-20-2)14-12(17)10-11(21(13,18)19)9(15-16-10)7-4-5-7/h7-8H,3-6H2,1-2H3,(H,14,17)(H,15,16). The van der Waals surface area contributed by atoms with Crippen molar-refractivity contribution >= 4 is 25.6 Å². The number of methoxy groups -OCH3 is 1. The van der Waals surface area contributed by atoms with Crippen molar-refractivity contribution in [3.8, 4) is 0 Å². The third kappa shape index (κ3) is 3.75. The van der Waals surface area contributed by atoms with E-state index in [2.05, 4.69) is 15.5 Å². The lowest BCUT2D eigenvalue weighted by Crippen LogP contribution is -2.38. The first-order chi connectivity index (χ1) is 9.88. The Labute approximate surface area is 127 Å². The number of ether oxygens (including phenoxy) is 1. The molecule has 1 fully saturated rings. The van der Waals surface area contributed by atoms with Gasteiger partial charge in [-0.25, -0.2) is 8.42 Å². The molecule has 21 heavy (non-hydrogen) atoms. The highest BCUT2D eigenvalue weighted by atomic mass is 35.7. The number of amides is 1. The molecule has 1 aliphatic carbocycles. The third-order valence-electron chi connectivity index (χ3n) is 3.39. The van der Waals surface area contributed by atoms with Gasteiger partial charge < -0.3 is 10.1 Å². The van der Waals surface area contributed by atoms with Crippen LogP contribution in [0.1, 0.15) is 48.3 Å². The Hall–Kier alpha value is -1.12. The van der Waals surface area contributed by atoms with Crippen LogP contribution in [-0.2, 0) is 13.8 Å². The Balaban J connectivity index is 2.29. The van der Waals surface area contributed by atoms with Crippen molar-refractivity contribution < 1.29 is 17.9 Å². The van der Waals surface area contributed by atoms with Crippen LogP contribution < -0.4 is 5.32 Å². The van der Waals surface area contributed by atoms with Crippen LogP contribution in [0.2, 0.25) is 0 Å². The zero-order valence-corrected chi connectivity index (χ0v) is 13.4. The minimum Gasteiger partial charge on any atom is -0.383 e. The Morgan fingerprint density at radius 1 is 1.57 bits per heavy atom. The fourth-order valence-electron chi connectivity index (χ4n) is 2.11. The topological polar surface area (TPSA) is 101 Å². The SMILES string of the molecule is CCC(COC)NC(=O)c1n[nH]c(C2CC2)c1S(=O)(=O)Cl. The van der Waals surface area contributed by atoms with Crippen molar-refractivity contribution in [1.82, 2.24) is 15.5 Å². The molecule has 0 spiro atoms. The molecule has 0 bridgehead atoms. The summed E-state index contributed by atoms with van der Waals surface area (Å²) in [6.07, 6.45) is 2.39. The molecule has 7 nitrogen and oxygen atoms in total. The van der Waals surface area contributed by atoms with Gasteiger partial charge in [0.25, 0.3) is 15.0 Å². The number of nitrogens with one attached hydrogen (secondary N) is 2. The number of carbonyl (C=O) groups excluding carboxylic acids is 1. The molecule has 9 heteroatoms. The molecule has 1 amide bonds. The Kier molecular flexibility index (Phi) is 4.90. The molecule has 2 rings (SSSR count). The Bertz CT molecular complexity index is 624. The number of rotatable bonds is 7. The molecule has 0 saturated heterocycles. The summed E-state index contributed by atoms with van der Waals surface area (Å²) >= 11 is 0. The van der Waals surface area contributed by atoms with Gasteiger partial charge in [0.05, 0.1) is 18.3 Å². The zero-order chi connectivity index (χ0) is 15.6. The molecule has 1 unspecified atom stereocenters. The van der Waals surface area contributed by atoms with Gasteiger partial charge in [0.15, 0.2) is 5.69 Å². The lowest BCUT2D eigenvalue weighted by atomic mass is 10.2. The average molecular weight is 336 g/mol. The maximum atomic E-state index is 12.2. The Morgan fingerprint density at radius 2 is 2.24 bits per heavy atom. The first kappa shape index (κ1) is 16.3. The van der Waals surface area contributed by atoms with Crippen LogP contribution in [0.3, 0.4) is 0 Å². The molecule has 2 N–H and O–H groups in total. The highest BCUT2D eigenvalue weighted by molar-refractivity contribution is 8.13. The average Bonchev–Trinajstić information content (AvgIpc) is 3.14. The Morgan fingerprint density at radius 3 is 2.71 bits per heavy atom. The number of hydrogen-bond donors (Lipinski definition) is 2. The predicted molar refractivity (Wildman–Crippen MR) is 77.0 cm³/mol. The molecule has 0 aromatic carbocycles. The molecule has 1 heterocycles. The second-order valence-corrected chi connectivity index (χ2v) is 7.56. The number of nitrogens with zero attached hydrogens (tertiary/aromatic N) is 1. The first-order valence-corrected chi connectivity index (χ1v) is 9.02. The van der Waals surface area contributed by atoms with Crippen molar-refractivity contribution in [3.05, 3.63) is 11.4 Å². The first-order valence-electron chi connectivity index (χ1n) is 6.71. The number of carbonyl (C=O) groups is 1. The van der Waals surface area contributed by atoms with Crippen LogP contribution in [0.25, 0.3) is 0 Å². The molecule has 1 aliphatic rings.